The van der Waals surface area contributed by atoms with Gasteiger partial charge in [-0.05, 0) is 74.8 Å². The largest absolute Gasteiger partial charge is 0.490 e. The Morgan fingerprint density at radius 2 is 1.56 bits per heavy atom. The van der Waals surface area contributed by atoms with Crippen LogP contribution in [0.15, 0.2) is 18.5 Å². The zero-order chi connectivity index (χ0) is 30.7. The van der Waals surface area contributed by atoms with E-state index >= 15 is 17.6 Å². The molecule has 4 nitrogen and oxygen atoms in total. The van der Waals surface area contributed by atoms with E-state index in [1.165, 1.54) is 50.6 Å². The van der Waals surface area contributed by atoms with Crippen LogP contribution in [0.25, 0.3) is 11.4 Å². The third-order valence-corrected chi connectivity index (χ3v) is 9.30. The maximum atomic E-state index is 15.5. The summed E-state index contributed by atoms with van der Waals surface area (Å²) in [6, 6.07) is 1.30. The van der Waals surface area contributed by atoms with E-state index in [9.17, 15) is 0 Å². The van der Waals surface area contributed by atoms with Gasteiger partial charge in [-0.25, -0.2) is 27.5 Å². The smallest absolute Gasteiger partial charge is 0.279 e. The Balaban J connectivity index is 1.26. The Morgan fingerprint density at radius 1 is 0.860 bits per heavy atom. The molecule has 1 aromatic carbocycles. The van der Waals surface area contributed by atoms with Gasteiger partial charge in [0, 0.05) is 19.1 Å². The van der Waals surface area contributed by atoms with Crippen molar-refractivity contribution in [3.63, 3.8) is 0 Å². The van der Waals surface area contributed by atoms with E-state index in [1.54, 1.807) is 0 Å². The van der Waals surface area contributed by atoms with Gasteiger partial charge in [0.05, 0.1) is 30.1 Å². The van der Waals surface area contributed by atoms with Gasteiger partial charge in [0.25, 0.3) is 5.92 Å². The number of fused-ring (bicyclic) bond motifs is 1. The topological polar surface area (TPSA) is 44.2 Å². The van der Waals surface area contributed by atoms with Gasteiger partial charge in [-0.3, -0.25) is 0 Å². The monoisotopic (exact) mass is 606 g/mol. The van der Waals surface area contributed by atoms with E-state index in [0.717, 1.165) is 63.4 Å². The third-order valence-electron chi connectivity index (χ3n) is 9.30. The summed E-state index contributed by atoms with van der Waals surface area (Å²) < 4.78 is 72.6. The lowest BCUT2D eigenvalue weighted by Gasteiger charge is -2.34. The summed E-state index contributed by atoms with van der Waals surface area (Å²) >= 11 is 0. The quantitative estimate of drug-likeness (QED) is 0.111. The fourth-order valence-corrected chi connectivity index (χ4v) is 6.51. The molecule has 0 radical (unpaired) electrons. The summed E-state index contributed by atoms with van der Waals surface area (Å²) in [5.74, 6) is -5.04. The lowest BCUT2D eigenvalue weighted by Crippen LogP contribution is -2.33. The number of hydrogen-bond donors (Lipinski definition) is 0. The van der Waals surface area contributed by atoms with Crippen LogP contribution in [-0.2, 0) is 17.1 Å². The summed E-state index contributed by atoms with van der Waals surface area (Å²) in [4.78, 5) is 8.34. The molecule has 0 spiro atoms. The van der Waals surface area contributed by atoms with Crippen LogP contribution < -0.4 is 4.74 Å². The summed E-state index contributed by atoms with van der Waals surface area (Å²) in [5.41, 5.74) is -0.865. The second kappa shape index (κ2) is 16.7. The maximum Gasteiger partial charge on any atom is 0.279 e. The van der Waals surface area contributed by atoms with Crippen LogP contribution in [0.3, 0.4) is 0 Å². The van der Waals surface area contributed by atoms with Gasteiger partial charge in [-0.2, -0.15) is 0 Å². The Labute approximate surface area is 255 Å². The third kappa shape index (κ3) is 9.39. The van der Waals surface area contributed by atoms with Gasteiger partial charge in [-0.1, -0.05) is 65.2 Å². The van der Waals surface area contributed by atoms with E-state index < -0.39 is 29.0 Å². The molecule has 1 saturated carbocycles. The molecule has 0 aliphatic heterocycles. The maximum absolute atomic E-state index is 15.5. The highest BCUT2D eigenvalue weighted by Crippen LogP contribution is 2.49. The van der Waals surface area contributed by atoms with Crippen molar-refractivity contribution in [1.82, 2.24) is 9.97 Å². The molecule has 2 unspecified atom stereocenters. The van der Waals surface area contributed by atoms with Crippen molar-refractivity contribution < 1.29 is 27.0 Å². The number of nitrogens with zero attached hydrogens (tertiary/aromatic N) is 2. The molecule has 2 aliphatic carbocycles. The molecule has 0 bridgehead atoms. The van der Waals surface area contributed by atoms with Crippen molar-refractivity contribution in [2.24, 2.45) is 17.8 Å². The summed E-state index contributed by atoms with van der Waals surface area (Å²) in [6.07, 6.45) is 17.7. The van der Waals surface area contributed by atoms with Crippen molar-refractivity contribution in [1.29, 1.82) is 0 Å². The minimum atomic E-state index is -3.43. The highest BCUT2D eigenvalue weighted by molar-refractivity contribution is 5.60. The van der Waals surface area contributed by atoms with E-state index in [2.05, 4.69) is 23.8 Å². The van der Waals surface area contributed by atoms with E-state index in [1.807, 2.05) is 0 Å². The lowest BCUT2D eigenvalue weighted by atomic mass is 9.77. The first kappa shape index (κ1) is 33.7. The molecule has 4 rings (SSSR count). The first-order valence-corrected chi connectivity index (χ1v) is 16.8. The van der Waals surface area contributed by atoms with Crippen molar-refractivity contribution in [3.8, 4) is 17.1 Å². The Hall–Kier alpha value is -2.22. The molecule has 2 aliphatic rings. The molecule has 8 heteroatoms. The molecule has 0 N–H and O–H groups in total. The molecule has 1 heterocycles. The predicted molar refractivity (Wildman–Crippen MR) is 162 cm³/mol. The molecule has 240 valence electrons. The first-order valence-electron chi connectivity index (χ1n) is 16.8. The van der Waals surface area contributed by atoms with Crippen molar-refractivity contribution in [2.45, 2.75) is 123 Å². The van der Waals surface area contributed by atoms with Gasteiger partial charge in [0.2, 0.25) is 0 Å². The summed E-state index contributed by atoms with van der Waals surface area (Å²) in [5, 5.41) is 0. The molecule has 0 amide bonds. The number of ether oxygens (including phenoxy) is 2. The van der Waals surface area contributed by atoms with Gasteiger partial charge in [0.15, 0.2) is 23.2 Å². The van der Waals surface area contributed by atoms with Gasteiger partial charge >= 0.3 is 0 Å². The highest BCUT2D eigenvalue weighted by atomic mass is 19.3. The standard InChI is InChI=1S/C35H50F4N2O2/c1-3-5-10-19-42-20-11-7-9-14-28-18-17-27-22-30(32(36)33(37)31(27)35(28,38)39)34-40-23-29(24-41-34)43-21-12-6-8-13-25(4-2)26-15-16-26/h22-26,28H,3-21H2,1-2H3. The molecule has 0 saturated heterocycles. The molecule has 1 aromatic heterocycles. The van der Waals surface area contributed by atoms with Crippen LogP contribution in [0.5, 0.6) is 5.75 Å². The summed E-state index contributed by atoms with van der Waals surface area (Å²) in [6.45, 7) is 6.32. The zero-order valence-corrected chi connectivity index (χ0v) is 26.1. The van der Waals surface area contributed by atoms with Crippen LogP contribution in [0.4, 0.5) is 17.6 Å². The predicted octanol–water partition coefficient (Wildman–Crippen LogP) is 10.2. The number of unbranched alkanes of at least 4 members (excludes halogenated alkanes) is 6. The van der Waals surface area contributed by atoms with Crippen molar-refractivity contribution in [3.05, 3.63) is 41.2 Å². The van der Waals surface area contributed by atoms with Crippen LogP contribution in [0, 0.1) is 29.4 Å². The van der Waals surface area contributed by atoms with E-state index in [4.69, 9.17) is 9.47 Å². The number of rotatable bonds is 20. The number of halogens is 4. The number of aryl methyl sites for hydroxylation is 1. The van der Waals surface area contributed by atoms with Crippen LogP contribution in [0.1, 0.15) is 121 Å². The van der Waals surface area contributed by atoms with E-state index in [0.29, 0.717) is 25.4 Å². The summed E-state index contributed by atoms with van der Waals surface area (Å²) in [7, 11) is 0. The second-order valence-electron chi connectivity index (χ2n) is 12.6. The highest BCUT2D eigenvalue weighted by Gasteiger charge is 2.48. The second-order valence-corrected chi connectivity index (χ2v) is 12.6. The van der Waals surface area contributed by atoms with E-state index in [-0.39, 0.29) is 36.2 Å². The normalized spacial score (nSPS) is 18.4. The van der Waals surface area contributed by atoms with Gasteiger partial charge < -0.3 is 9.47 Å². The van der Waals surface area contributed by atoms with Crippen molar-refractivity contribution >= 4 is 0 Å². The van der Waals surface area contributed by atoms with Crippen LogP contribution in [0.2, 0.25) is 0 Å². The fraction of sp³-hybridized carbons (Fsp3) is 0.714. The van der Waals surface area contributed by atoms with Crippen LogP contribution in [-0.4, -0.2) is 29.8 Å². The average Bonchev–Trinajstić information content (AvgIpc) is 3.84. The Morgan fingerprint density at radius 3 is 2.26 bits per heavy atom. The van der Waals surface area contributed by atoms with Crippen molar-refractivity contribution in [2.75, 3.05) is 19.8 Å². The number of alkyl halides is 2. The fourth-order valence-electron chi connectivity index (χ4n) is 6.51. The molecule has 43 heavy (non-hydrogen) atoms. The number of benzene rings is 1. The van der Waals surface area contributed by atoms with Crippen LogP contribution >= 0.6 is 0 Å². The average molecular weight is 607 g/mol. The Kier molecular flexibility index (Phi) is 13.1. The van der Waals surface area contributed by atoms with Gasteiger partial charge in [-0.15, -0.1) is 0 Å². The molecular weight excluding hydrogens is 556 g/mol. The Bertz CT molecular complexity index is 1120. The minimum Gasteiger partial charge on any atom is -0.490 e. The first-order chi connectivity index (χ1) is 20.9. The molecule has 2 aromatic rings. The molecular formula is C35H50F4N2O2. The SMILES string of the molecule is CCCCCOCCCCCC1CCc2cc(-c3ncc(OCCCCCC(CC)C4CC4)cn3)c(F)c(F)c2C1(F)F. The molecule has 1 fully saturated rings. The minimum absolute atomic E-state index is 0.0420. The van der Waals surface area contributed by atoms with Gasteiger partial charge in [0.1, 0.15) is 0 Å². The lowest BCUT2D eigenvalue weighted by molar-refractivity contribution is -0.0823. The number of aromatic nitrogens is 2. The zero-order valence-electron chi connectivity index (χ0n) is 26.1. The molecule has 2 atom stereocenters. The number of hydrogen-bond acceptors (Lipinski definition) is 4.